The van der Waals surface area contributed by atoms with E-state index < -0.39 is 17.9 Å². The van der Waals surface area contributed by atoms with Crippen LogP contribution in [-0.4, -0.2) is 23.7 Å². The van der Waals surface area contributed by atoms with Gasteiger partial charge >= 0.3 is 11.9 Å². The summed E-state index contributed by atoms with van der Waals surface area (Å²) in [4.78, 5) is 22.9. The van der Waals surface area contributed by atoms with Gasteiger partial charge in [0.05, 0.1) is 12.5 Å². The van der Waals surface area contributed by atoms with Gasteiger partial charge in [-0.3, -0.25) is 4.79 Å². The molecule has 0 amide bonds. The van der Waals surface area contributed by atoms with E-state index in [1.54, 1.807) is 13.0 Å². The van der Waals surface area contributed by atoms with Crippen LogP contribution in [0.3, 0.4) is 0 Å². The highest BCUT2D eigenvalue weighted by molar-refractivity contribution is 5.94. The summed E-state index contributed by atoms with van der Waals surface area (Å²) in [6.45, 7) is 6.06. The molecule has 0 fully saturated rings. The van der Waals surface area contributed by atoms with Gasteiger partial charge in [-0.2, -0.15) is 0 Å². The first-order valence-electron chi connectivity index (χ1n) is 7.14. The van der Waals surface area contributed by atoms with E-state index in [0.29, 0.717) is 13.0 Å². The van der Waals surface area contributed by atoms with Crippen LogP contribution in [-0.2, 0) is 14.3 Å². The minimum atomic E-state index is -1.03. The molecule has 0 aromatic rings. The molecule has 0 saturated carbocycles. The Kier molecular flexibility index (Phi) is 9.85. The second kappa shape index (κ2) is 10.6. The fourth-order valence-corrected chi connectivity index (χ4v) is 1.67. The second-order valence-corrected chi connectivity index (χ2v) is 4.70. The topological polar surface area (TPSA) is 63.6 Å². The van der Waals surface area contributed by atoms with E-state index in [9.17, 15) is 9.59 Å². The lowest BCUT2D eigenvalue weighted by molar-refractivity contribution is -0.148. The smallest absolute Gasteiger partial charge is 0.332 e. The lowest BCUT2D eigenvalue weighted by Gasteiger charge is -2.12. The number of rotatable bonds is 10. The van der Waals surface area contributed by atoms with Gasteiger partial charge in [0.1, 0.15) is 0 Å². The number of carboxylic acid groups (broad SMARTS) is 1. The van der Waals surface area contributed by atoms with E-state index in [1.165, 1.54) is 0 Å². The number of carbonyl (C=O) groups is 2. The third kappa shape index (κ3) is 7.65. The fraction of sp³-hybridized carbons (Fsp3) is 0.733. The van der Waals surface area contributed by atoms with E-state index in [2.05, 4.69) is 6.92 Å². The second-order valence-electron chi connectivity index (χ2n) is 4.70. The van der Waals surface area contributed by atoms with Crippen LogP contribution in [0.4, 0.5) is 0 Å². The zero-order valence-corrected chi connectivity index (χ0v) is 12.3. The molecule has 0 aliphatic heterocycles. The average Bonchev–Trinajstić information content (AvgIpc) is 2.37. The summed E-state index contributed by atoms with van der Waals surface area (Å²) in [5, 5.41) is 9.14. The maximum atomic E-state index is 11.7. The number of esters is 1. The van der Waals surface area contributed by atoms with Crippen LogP contribution in [0.15, 0.2) is 11.6 Å². The summed E-state index contributed by atoms with van der Waals surface area (Å²) < 4.78 is 5.06. The van der Waals surface area contributed by atoms with Crippen molar-refractivity contribution in [3.05, 3.63) is 11.6 Å². The van der Waals surface area contributed by atoms with Gasteiger partial charge in [-0.05, 0) is 26.2 Å². The molecule has 0 aliphatic rings. The molecule has 0 aliphatic carbocycles. The SMILES string of the molecule is CCCCCC=C(C(=O)O)C(C)C(=O)OCCCC. The summed E-state index contributed by atoms with van der Waals surface area (Å²) in [5.41, 5.74) is 0.151. The van der Waals surface area contributed by atoms with Crippen LogP contribution < -0.4 is 0 Å². The number of hydrogen-bond acceptors (Lipinski definition) is 3. The van der Waals surface area contributed by atoms with Gasteiger partial charge in [0.25, 0.3) is 0 Å². The van der Waals surface area contributed by atoms with Gasteiger partial charge < -0.3 is 9.84 Å². The molecule has 0 radical (unpaired) electrons. The van der Waals surface area contributed by atoms with E-state index in [4.69, 9.17) is 9.84 Å². The third-order valence-electron chi connectivity index (χ3n) is 2.98. The van der Waals surface area contributed by atoms with Crippen LogP contribution in [0.25, 0.3) is 0 Å². The first kappa shape index (κ1) is 17.7. The maximum Gasteiger partial charge on any atom is 0.332 e. The van der Waals surface area contributed by atoms with Crippen molar-refractivity contribution in [2.45, 2.75) is 59.3 Å². The minimum absolute atomic E-state index is 0.151. The molecular formula is C15H26O4. The molecule has 19 heavy (non-hydrogen) atoms. The number of allylic oxidation sites excluding steroid dienone is 1. The zero-order valence-electron chi connectivity index (χ0n) is 12.3. The predicted octanol–water partition coefficient (Wildman–Crippen LogP) is 3.56. The lowest BCUT2D eigenvalue weighted by atomic mass is 9.99. The van der Waals surface area contributed by atoms with Crippen molar-refractivity contribution < 1.29 is 19.4 Å². The number of ether oxygens (including phenoxy) is 1. The largest absolute Gasteiger partial charge is 0.478 e. The van der Waals surface area contributed by atoms with Crippen molar-refractivity contribution in [1.29, 1.82) is 0 Å². The predicted molar refractivity (Wildman–Crippen MR) is 74.9 cm³/mol. The summed E-state index contributed by atoms with van der Waals surface area (Å²) in [6, 6.07) is 0. The molecule has 4 nitrogen and oxygen atoms in total. The first-order valence-corrected chi connectivity index (χ1v) is 7.14. The van der Waals surface area contributed by atoms with Gasteiger partial charge in [-0.25, -0.2) is 4.79 Å². The highest BCUT2D eigenvalue weighted by Crippen LogP contribution is 2.15. The molecule has 1 unspecified atom stereocenters. The van der Waals surface area contributed by atoms with Gasteiger partial charge in [-0.15, -0.1) is 0 Å². The highest BCUT2D eigenvalue weighted by atomic mass is 16.5. The van der Waals surface area contributed by atoms with Crippen LogP contribution in [0.2, 0.25) is 0 Å². The Hall–Kier alpha value is -1.32. The molecule has 0 spiro atoms. The standard InChI is InChI=1S/C15H26O4/c1-4-6-8-9-10-13(14(16)17)12(3)15(18)19-11-7-5-2/h10,12H,4-9,11H2,1-3H3,(H,16,17). The minimum Gasteiger partial charge on any atom is -0.478 e. The number of aliphatic carboxylic acids is 1. The van der Waals surface area contributed by atoms with Crippen LogP contribution in [0, 0.1) is 5.92 Å². The van der Waals surface area contributed by atoms with Crippen LogP contribution in [0.1, 0.15) is 59.3 Å². The Bertz CT molecular complexity index is 307. The van der Waals surface area contributed by atoms with Crippen LogP contribution in [0.5, 0.6) is 0 Å². The monoisotopic (exact) mass is 270 g/mol. The Labute approximate surface area is 115 Å². The van der Waals surface area contributed by atoms with Crippen molar-refractivity contribution in [2.75, 3.05) is 6.61 Å². The molecule has 1 N–H and O–H groups in total. The Balaban J connectivity index is 4.43. The number of hydrogen-bond donors (Lipinski definition) is 1. The Morgan fingerprint density at radius 1 is 1.16 bits per heavy atom. The summed E-state index contributed by atoms with van der Waals surface area (Å²) >= 11 is 0. The highest BCUT2D eigenvalue weighted by Gasteiger charge is 2.23. The molecule has 0 bridgehead atoms. The van der Waals surface area contributed by atoms with Gasteiger partial charge in [0, 0.05) is 5.57 Å². The number of unbranched alkanes of at least 4 members (excludes halogenated alkanes) is 4. The fourth-order valence-electron chi connectivity index (χ4n) is 1.67. The van der Waals surface area contributed by atoms with Crippen molar-refractivity contribution in [2.24, 2.45) is 5.92 Å². The van der Waals surface area contributed by atoms with Gasteiger partial charge in [0.2, 0.25) is 0 Å². The van der Waals surface area contributed by atoms with E-state index in [-0.39, 0.29) is 5.57 Å². The quantitative estimate of drug-likeness (QED) is 0.374. The normalized spacial score (nSPS) is 13.1. The zero-order chi connectivity index (χ0) is 14.7. The molecule has 0 heterocycles. The van der Waals surface area contributed by atoms with Crippen molar-refractivity contribution in [3.8, 4) is 0 Å². The molecule has 1 atom stereocenters. The molecule has 0 aromatic heterocycles. The van der Waals surface area contributed by atoms with Crippen molar-refractivity contribution >= 4 is 11.9 Å². The molecular weight excluding hydrogens is 244 g/mol. The molecule has 0 aromatic carbocycles. The third-order valence-corrected chi connectivity index (χ3v) is 2.98. The maximum absolute atomic E-state index is 11.7. The summed E-state index contributed by atoms with van der Waals surface area (Å²) in [5.74, 6) is -2.18. The molecule has 0 rings (SSSR count). The van der Waals surface area contributed by atoms with E-state index in [0.717, 1.165) is 32.1 Å². The molecule has 110 valence electrons. The first-order chi connectivity index (χ1) is 9.04. The van der Waals surface area contributed by atoms with Crippen molar-refractivity contribution in [1.82, 2.24) is 0 Å². The lowest BCUT2D eigenvalue weighted by Crippen LogP contribution is -2.21. The summed E-state index contributed by atoms with van der Waals surface area (Å²) in [7, 11) is 0. The van der Waals surface area contributed by atoms with Crippen molar-refractivity contribution in [3.63, 3.8) is 0 Å². The summed E-state index contributed by atoms with van der Waals surface area (Å²) in [6.07, 6.45) is 7.21. The average molecular weight is 270 g/mol. The molecule has 4 heteroatoms. The number of carbonyl (C=O) groups excluding carboxylic acids is 1. The van der Waals surface area contributed by atoms with Gasteiger partial charge in [-0.1, -0.05) is 39.2 Å². The molecule has 0 saturated heterocycles. The number of carboxylic acids is 1. The van der Waals surface area contributed by atoms with Gasteiger partial charge in [0.15, 0.2) is 0 Å². The van der Waals surface area contributed by atoms with E-state index in [1.807, 2.05) is 6.92 Å². The van der Waals surface area contributed by atoms with E-state index >= 15 is 0 Å². The Morgan fingerprint density at radius 2 is 1.79 bits per heavy atom. The Morgan fingerprint density at radius 3 is 2.32 bits per heavy atom. The van der Waals surface area contributed by atoms with Crippen LogP contribution >= 0.6 is 0 Å².